The number of anilines is 3. The Labute approximate surface area is 411 Å². The Hall–Kier alpha value is -6.24. The van der Waals surface area contributed by atoms with Crippen molar-refractivity contribution in [1.82, 2.24) is 35.6 Å². The maximum absolute atomic E-state index is 14.2. The molecule has 4 aliphatic heterocycles. The molecule has 368 valence electrons. The maximum atomic E-state index is 14.2. The number of phenolic OH excluding ortho intramolecular Hbond substituents is 1. The van der Waals surface area contributed by atoms with Gasteiger partial charge in [0.2, 0.25) is 17.7 Å². The minimum Gasteiger partial charge on any atom is -0.507 e. The summed E-state index contributed by atoms with van der Waals surface area (Å²) in [6.07, 6.45) is 15.2. The Balaban J connectivity index is 0.667. The van der Waals surface area contributed by atoms with E-state index in [1.165, 1.54) is 23.3 Å². The number of rotatable bonds is 10. The SMILES string of the molecule is C#Cc1ccc(CNC(=O)[C@@H]2C[C@@H](O)CN2C(=O)[C@@H](NC(=O)C2CCC3(CC2)CC(N2CCC(c4ccc(N5CCN6c7cc(-c8ccccc8O)nnc7NC[C@H]6C5)nc4)CC2)C3)C(C)(C)C)cc1. The Morgan fingerprint density at radius 2 is 1.67 bits per heavy atom. The van der Waals surface area contributed by atoms with E-state index in [9.17, 15) is 24.6 Å². The number of benzene rings is 2. The number of carbonyl (C=O) groups is 3. The molecule has 5 fully saturated rings. The summed E-state index contributed by atoms with van der Waals surface area (Å²) >= 11 is 0. The predicted octanol–water partition coefficient (Wildman–Crippen LogP) is 5.67. The third kappa shape index (κ3) is 9.77. The summed E-state index contributed by atoms with van der Waals surface area (Å²) in [4.78, 5) is 55.6. The number of amides is 3. The molecule has 0 radical (unpaired) electrons. The van der Waals surface area contributed by atoms with E-state index in [1.807, 2.05) is 69.3 Å². The second kappa shape index (κ2) is 19.5. The van der Waals surface area contributed by atoms with Crippen LogP contribution in [0, 0.1) is 29.1 Å². The number of aromatic hydroxyl groups is 1. The number of β-amino-alcohol motifs (C(OH)–C–C–N with tert-alkyl or cyclic N) is 1. The zero-order valence-corrected chi connectivity index (χ0v) is 40.8. The monoisotopic (exact) mass is 949 g/mol. The fraction of sp³-hybridized carbons (Fsp3) is 0.527. The number of pyridine rings is 1. The standard InChI is InChI=1S/C55H68N10O5/c1-5-35-10-12-36(13-11-35)30-58-52(69)46-26-42(66)34-65(46)53(70)49(54(2,3)4)59-51(68)38-16-20-55(21-17-38)28-40(29-55)62-22-18-37(19-23-62)39-14-15-48(56-31-39)63-24-25-64-41(33-63)32-57-50-45(64)27-44(60-61-50)43-8-6-7-9-47(43)67/h1,6-15,27,31,37-38,40-42,46,49,66-67H,16-26,28-30,32-34H2,2-4H3,(H,57,61)(H,58,69)(H,59,68)/t38?,40?,41-,42+,46-,49+,55?/m0/s1. The topological polar surface area (TPSA) is 179 Å². The van der Waals surface area contributed by atoms with E-state index in [4.69, 9.17) is 11.4 Å². The molecule has 4 atom stereocenters. The van der Waals surface area contributed by atoms with Gasteiger partial charge >= 0.3 is 0 Å². The lowest BCUT2D eigenvalue weighted by atomic mass is 9.56. The molecule has 6 heterocycles. The number of aromatic nitrogens is 3. The smallest absolute Gasteiger partial charge is 0.246 e. The summed E-state index contributed by atoms with van der Waals surface area (Å²) in [6, 6.07) is 20.3. The summed E-state index contributed by atoms with van der Waals surface area (Å²) in [5.74, 6) is 4.17. The summed E-state index contributed by atoms with van der Waals surface area (Å²) in [6.45, 7) is 11.6. The molecule has 6 aliphatic rings. The molecule has 15 heteroatoms. The van der Waals surface area contributed by atoms with Gasteiger partial charge in [0.15, 0.2) is 5.82 Å². The minimum absolute atomic E-state index is 0.0445. The van der Waals surface area contributed by atoms with Crippen molar-refractivity contribution < 1.29 is 24.6 Å². The third-order valence-corrected chi connectivity index (χ3v) is 16.5. The highest BCUT2D eigenvalue weighted by Crippen LogP contribution is 2.55. The number of nitrogens with one attached hydrogen (secondary N) is 3. The normalized spacial score (nSPS) is 26.3. The Bertz CT molecular complexity index is 2590. The number of likely N-dealkylation sites (tertiary alicyclic amines) is 2. The number of aliphatic hydroxyl groups is 1. The highest BCUT2D eigenvalue weighted by Gasteiger charge is 2.50. The quantitative estimate of drug-likeness (QED) is 0.123. The zero-order chi connectivity index (χ0) is 48.7. The van der Waals surface area contributed by atoms with E-state index in [0.717, 1.165) is 106 Å². The van der Waals surface area contributed by atoms with Crippen LogP contribution in [0.4, 0.5) is 17.3 Å². The van der Waals surface area contributed by atoms with Gasteiger partial charge in [-0.1, -0.05) is 57.0 Å². The van der Waals surface area contributed by atoms with Crippen LogP contribution < -0.4 is 25.8 Å². The number of hydrogen-bond acceptors (Lipinski definition) is 12. The van der Waals surface area contributed by atoms with Crippen LogP contribution >= 0.6 is 0 Å². The predicted molar refractivity (Wildman–Crippen MR) is 270 cm³/mol. The van der Waals surface area contributed by atoms with Gasteiger partial charge in [0, 0.05) is 75.0 Å². The minimum atomic E-state index is -0.836. The van der Waals surface area contributed by atoms with Crippen LogP contribution in [-0.4, -0.2) is 129 Å². The number of terminal acetylenes is 1. The number of phenols is 1. The van der Waals surface area contributed by atoms with Crippen molar-refractivity contribution in [2.75, 3.05) is 60.9 Å². The Morgan fingerprint density at radius 3 is 2.37 bits per heavy atom. The number of fused-ring (bicyclic) bond motifs is 3. The number of aliphatic hydroxyl groups excluding tert-OH is 1. The number of piperazine rings is 1. The van der Waals surface area contributed by atoms with Gasteiger partial charge in [0.05, 0.1) is 23.5 Å². The highest BCUT2D eigenvalue weighted by atomic mass is 16.3. The van der Waals surface area contributed by atoms with Crippen molar-refractivity contribution in [2.45, 2.75) is 121 Å². The van der Waals surface area contributed by atoms with Crippen LogP contribution in [0.5, 0.6) is 5.75 Å². The molecule has 2 aliphatic carbocycles. The average molecular weight is 949 g/mol. The van der Waals surface area contributed by atoms with Crippen molar-refractivity contribution in [3.8, 4) is 29.4 Å². The second-order valence-corrected chi connectivity index (χ2v) is 22.0. The summed E-state index contributed by atoms with van der Waals surface area (Å²) in [7, 11) is 0. The van der Waals surface area contributed by atoms with Crippen LogP contribution in [-0.2, 0) is 20.9 Å². The molecule has 2 aromatic carbocycles. The van der Waals surface area contributed by atoms with Gasteiger partial charge < -0.3 is 45.8 Å². The van der Waals surface area contributed by atoms with Crippen LogP contribution in [0.15, 0.2) is 72.9 Å². The Morgan fingerprint density at radius 1 is 0.914 bits per heavy atom. The van der Waals surface area contributed by atoms with Gasteiger partial charge in [-0.05, 0) is 129 Å². The lowest BCUT2D eigenvalue weighted by Gasteiger charge is -2.55. The molecule has 2 saturated carbocycles. The molecule has 3 amide bonds. The van der Waals surface area contributed by atoms with E-state index in [0.29, 0.717) is 28.6 Å². The molecule has 5 N–H and O–H groups in total. The number of hydrogen-bond donors (Lipinski definition) is 5. The van der Waals surface area contributed by atoms with E-state index in [2.05, 4.69) is 65.1 Å². The molecule has 3 saturated heterocycles. The number of piperidine rings is 1. The zero-order valence-electron chi connectivity index (χ0n) is 40.8. The van der Waals surface area contributed by atoms with E-state index < -0.39 is 23.6 Å². The first-order valence-electron chi connectivity index (χ1n) is 25.5. The molecule has 70 heavy (non-hydrogen) atoms. The van der Waals surface area contributed by atoms with Gasteiger partial charge in [-0.25, -0.2) is 4.98 Å². The van der Waals surface area contributed by atoms with Gasteiger partial charge in [0.1, 0.15) is 23.7 Å². The van der Waals surface area contributed by atoms with E-state index >= 15 is 0 Å². The lowest BCUT2D eigenvalue weighted by molar-refractivity contribution is -0.145. The van der Waals surface area contributed by atoms with Crippen LogP contribution in [0.1, 0.15) is 101 Å². The van der Waals surface area contributed by atoms with E-state index in [-0.39, 0.29) is 54.9 Å². The number of para-hydroxylation sites is 1. The maximum Gasteiger partial charge on any atom is 0.246 e. The molecule has 0 bridgehead atoms. The van der Waals surface area contributed by atoms with Crippen molar-refractivity contribution in [3.63, 3.8) is 0 Å². The molecule has 0 unspecified atom stereocenters. The summed E-state index contributed by atoms with van der Waals surface area (Å²) < 4.78 is 0. The number of carbonyl (C=O) groups excluding carboxylic acids is 3. The molecule has 4 aromatic rings. The lowest BCUT2D eigenvalue weighted by Crippen LogP contribution is -2.59. The molecule has 15 nitrogen and oxygen atoms in total. The molecular weight excluding hydrogens is 881 g/mol. The first-order chi connectivity index (χ1) is 33.7. The first-order valence-corrected chi connectivity index (χ1v) is 25.5. The van der Waals surface area contributed by atoms with Gasteiger partial charge in [-0.2, -0.15) is 0 Å². The van der Waals surface area contributed by atoms with Crippen molar-refractivity contribution in [3.05, 3.63) is 89.6 Å². The van der Waals surface area contributed by atoms with Crippen molar-refractivity contribution in [1.29, 1.82) is 0 Å². The second-order valence-electron chi connectivity index (χ2n) is 22.0. The molecule has 2 aromatic heterocycles. The highest BCUT2D eigenvalue weighted by molar-refractivity contribution is 5.93. The van der Waals surface area contributed by atoms with Crippen LogP contribution in [0.25, 0.3) is 11.3 Å². The summed E-state index contributed by atoms with van der Waals surface area (Å²) in [5, 5.41) is 39.5. The average Bonchev–Trinajstić information content (AvgIpc) is 3.77. The molecule has 10 rings (SSSR count). The summed E-state index contributed by atoms with van der Waals surface area (Å²) in [5.41, 5.74) is 4.99. The molecular formula is C55H68N10O5. The van der Waals surface area contributed by atoms with Crippen molar-refractivity contribution >= 4 is 35.0 Å². The Kier molecular flexibility index (Phi) is 13.2. The van der Waals surface area contributed by atoms with Gasteiger partial charge in [0.25, 0.3) is 0 Å². The first kappa shape index (κ1) is 47.4. The van der Waals surface area contributed by atoms with Gasteiger partial charge in [-0.3, -0.25) is 14.4 Å². The third-order valence-electron chi connectivity index (χ3n) is 16.5. The largest absolute Gasteiger partial charge is 0.507 e. The van der Waals surface area contributed by atoms with Crippen LogP contribution in [0.3, 0.4) is 0 Å². The van der Waals surface area contributed by atoms with Gasteiger partial charge in [-0.15, -0.1) is 16.6 Å². The van der Waals surface area contributed by atoms with Crippen LogP contribution in [0.2, 0.25) is 0 Å². The number of nitrogens with zero attached hydrogens (tertiary/aromatic N) is 7. The van der Waals surface area contributed by atoms with Crippen molar-refractivity contribution in [2.24, 2.45) is 16.7 Å². The fourth-order valence-electron chi connectivity index (χ4n) is 12.2. The van der Waals surface area contributed by atoms with E-state index in [1.54, 1.807) is 6.07 Å². The molecule has 1 spiro atoms. The fourth-order valence-corrected chi connectivity index (χ4v) is 12.2.